The van der Waals surface area contributed by atoms with Crippen molar-refractivity contribution in [2.45, 2.75) is 24.8 Å². The maximum Gasteiger partial charge on any atom is 0.387 e. The molecule has 0 radical (unpaired) electrons. The van der Waals surface area contributed by atoms with Crippen molar-refractivity contribution in [3.8, 4) is 5.75 Å². The molecular formula is C12H14F2N2O4S. The Balaban J connectivity index is 2.07. The van der Waals surface area contributed by atoms with Gasteiger partial charge in [-0.05, 0) is 17.7 Å². The molecule has 1 saturated heterocycles. The van der Waals surface area contributed by atoms with Crippen molar-refractivity contribution < 1.29 is 26.7 Å². The highest BCUT2D eigenvalue weighted by molar-refractivity contribution is 7.89. The average molecular weight is 320 g/mol. The average Bonchev–Trinajstić information content (AvgIpc) is 2.70. The van der Waals surface area contributed by atoms with Crippen LogP contribution in [-0.4, -0.2) is 37.6 Å². The van der Waals surface area contributed by atoms with E-state index in [1.165, 1.54) is 23.1 Å². The summed E-state index contributed by atoms with van der Waals surface area (Å²) in [4.78, 5) is 13.1. The van der Waals surface area contributed by atoms with Crippen molar-refractivity contribution in [2.75, 3.05) is 6.54 Å². The largest absolute Gasteiger partial charge is 0.435 e. The zero-order valence-corrected chi connectivity index (χ0v) is 11.7. The number of rotatable bonds is 5. The molecule has 21 heavy (non-hydrogen) atoms. The zero-order valence-electron chi connectivity index (χ0n) is 10.9. The summed E-state index contributed by atoms with van der Waals surface area (Å²) in [5.74, 6) is -0.355. The van der Waals surface area contributed by atoms with Crippen LogP contribution >= 0.6 is 0 Å². The Hall–Kier alpha value is -1.74. The number of hydrogen-bond donors (Lipinski definition) is 1. The Morgan fingerprint density at radius 3 is 2.71 bits per heavy atom. The van der Waals surface area contributed by atoms with Gasteiger partial charge in [0.2, 0.25) is 15.9 Å². The van der Waals surface area contributed by atoms with Gasteiger partial charge in [-0.2, -0.15) is 8.78 Å². The third-order valence-corrected chi connectivity index (χ3v) is 4.39. The highest BCUT2D eigenvalue weighted by atomic mass is 32.2. The van der Waals surface area contributed by atoms with E-state index in [-0.39, 0.29) is 31.2 Å². The molecule has 1 atom stereocenters. The second kappa shape index (κ2) is 5.94. The van der Waals surface area contributed by atoms with E-state index in [2.05, 4.69) is 4.74 Å². The molecule has 0 saturated carbocycles. The molecule has 1 aromatic rings. The van der Waals surface area contributed by atoms with E-state index in [1.807, 2.05) is 0 Å². The fourth-order valence-corrected chi connectivity index (χ4v) is 2.91. The van der Waals surface area contributed by atoms with E-state index in [9.17, 15) is 22.0 Å². The van der Waals surface area contributed by atoms with Gasteiger partial charge in [0.05, 0.1) is 0 Å². The van der Waals surface area contributed by atoms with Crippen LogP contribution in [0, 0.1) is 0 Å². The van der Waals surface area contributed by atoms with E-state index in [4.69, 9.17) is 5.14 Å². The van der Waals surface area contributed by atoms with Crippen molar-refractivity contribution >= 4 is 15.9 Å². The van der Waals surface area contributed by atoms with Gasteiger partial charge in [-0.3, -0.25) is 4.79 Å². The smallest absolute Gasteiger partial charge is 0.387 e. The number of nitrogens with two attached hydrogens (primary N) is 1. The molecule has 2 N–H and O–H groups in total. The van der Waals surface area contributed by atoms with Gasteiger partial charge >= 0.3 is 6.61 Å². The van der Waals surface area contributed by atoms with E-state index in [1.54, 1.807) is 6.07 Å². The first-order valence-corrected chi connectivity index (χ1v) is 7.70. The summed E-state index contributed by atoms with van der Waals surface area (Å²) in [5.41, 5.74) is 0.566. The summed E-state index contributed by atoms with van der Waals surface area (Å²) in [7, 11) is -3.77. The molecule has 0 spiro atoms. The third kappa shape index (κ3) is 4.11. The number of halogens is 2. The predicted molar refractivity (Wildman–Crippen MR) is 70.0 cm³/mol. The van der Waals surface area contributed by atoms with Crippen LogP contribution in [0.3, 0.4) is 0 Å². The summed E-state index contributed by atoms with van der Waals surface area (Å²) in [6.45, 7) is -2.82. The lowest BCUT2D eigenvalue weighted by Crippen LogP contribution is -2.31. The number of benzene rings is 1. The van der Waals surface area contributed by atoms with Crippen molar-refractivity contribution in [1.82, 2.24) is 4.90 Å². The Morgan fingerprint density at radius 1 is 1.43 bits per heavy atom. The van der Waals surface area contributed by atoms with Gasteiger partial charge in [0.1, 0.15) is 11.0 Å². The highest BCUT2D eigenvalue weighted by Crippen LogP contribution is 2.21. The Kier molecular flexibility index (Phi) is 4.43. The van der Waals surface area contributed by atoms with Gasteiger partial charge in [-0.15, -0.1) is 0 Å². The Labute approximate surface area is 120 Å². The van der Waals surface area contributed by atoms with Crippen LogP contribution in [0.25, 0.3) is 0 Å². The molecule has 0 bridgehead atoms. The van der Waals surface area contributed by atoms with Crippen molar-refractivity contribution in [1.29, 1.82) is 0 Å². The summed E-state index contributed by atoms with van der Waals surface area (Å²) in [5, 5.41) is 4.10. The van der Waals surface area contributed by atoms with E-state index in [0.717, 1.165) is 0 Å². The summed E-state index contributed by atoms with van der Waals surface area (Å²) in [6, 6.07) is 5.90. The summed E-state index contributed by atoms with van der Waals surface area (Å²) >= 11 is 0. The summed E-state index contributed by atoms with van der Waals surface area (Å²) in [6.07, 6.45) is -0.161. The van der Waals surface area contributed by atoms with Crippen LogP contribution in [0.5, 0.6) is 5.75 Å². The molecule has 1 heterocycles. The minimum Gasteiger partial charge on any atom is -0.435 e. The molecule has 1 aromatic carbocycles. The first-order chi connectivity index (χ1) is 9.75. The van der Waals surface area contributed by atoms with Crippen molar-refractivity contribution in [3.63, 3.8) is 0 Å². The Bertz CT molecular complexity index is 636. The normalized spacial score (nSPS) is 19.3. The van der Waals surface area contributed by atoms with Gasteiger partial charge in [0.15, 0.2) is 0 Å². The maximum absolute atomic E-state index is 12.1. The number of ether oxygens (including phenoxy) is 1. The lowest BCUT2D eigenvalue weighted by atomic mass is 10.2. The molecule has 9 heteroatoms. The molecule has 1 aliphatic rings. The topological polar surface area (TPSA) is 89.7 Å². The molecule has 0 aromatic heterocycles. The SMILES string of the molecule is NS(=O)(=O)C1CC(=O)N(Cc2cccc(OC(F)F)c2)C1. The first kappa shape index (κ1) is 15.6. The molecule has 1 aliphatic heterocycles. The van der Waals surface area contributed by atoms with Gasteiger partial charge in [-0.25, -0.2) is 13.6 Å². The van der Waals surface area contributed by atoms with Crippen molar-refractivity contribution in [3.05, 3.63) is 29.8 Å². The second-order valence-electron chi connectivity index (χ2n) is 4.72. The van der Waals surface area contributed by atoms with Gasteiger partial charge in [-0.1, -0.05) is 12.1 Å². The van der Waals surface area contributed by atoms with Crippen LogP contribution in [-0.2, 0) is 21.4 Å². The fraction of sp³-hybridized carbons (Fsp3) is 0.417. The van der Waals surface area contributed by atoms with Gasteiger partial charge in [0, 0.05) is 19.5 Å². The van der Waals surface area contributed by atoms with E-state index >= 15 is 0 Å². The number of alkyl halides is 2. The standard InChI is InChI=1S/C12H14F2N2O4S/c13-12(14)20-9-3-1-2-8(4-9)6-16-7-10(5-11(16)17)21(15,18)19/h1-4,10,12H,5-7H2,(H2,15,18,19). The van der Waals surface area contributed by atoms with Crippen molar-refractivity contribution in [2.24, 2.45) is 5.14 Å². The van der Waals surface area contributed by atoms with Crippen LogP contribution in [0.2, 0.25) is 0 Å². The number of amides is 1. The molecule has 1 amide bonds. The minimum atomic E-state index is -3.77. The second-order valence-corrected chi connectivity index (χ2v) is 6.56. The highest BCUT2D eigenvalue weighted by Gasteiger charge is 2.36. The van der Waals surface area contributed by atoms with Crippen LogP contribution in [0.4, 0.5) is 8.78 Å². The van der Waals surface area contributed by atoms with Gasteiger partial charge in [0.25, 0.3) is 0 Å². The number of primary sulfonamides is 1. The third-order valence-electron chi connectivity index (χ3n) is 3.14. The molecule has 6 nitrogen and oxygen atoms in total. The fourth-order valence-electron chi connectivity index (χ4n) is 2.15. The lowest BCUT2D eigenvalue weighted by molar-refractivity contribution is -0.128. The number of carbonyl (C=O) groups is 1. The lowest BCUT2D eigenvalue weighted by Gasteiger charge is -2.16. The number of sulfonamides is 1. The molecule has 2 rings (SSSR count). The molecule has 1 fully saturated rings. The summed E-state index contributed by atoms with van der Waals surface area (Å²) < 4.78 is 51.0. The molecular weight excluding hydrogens is 306 g/mol. The zero-order chi connectivity index (χ0) is 15.6. The number of nitrogens with zero attached hydrogens (tertiary/aromatic N) is 1. The van der Waals surface area contributed by atoms with Crippen LogP contribution < -0.4 is 9.88 Å². The van der Waals surface area contributed by atoms with Gasteiger partial charge < -0.3 is 9.64 Å². The number of carbonyl (C=O) groups excluding carboxylic acids is 1. The minimum absolute atomic E-state index is 0.00238. The molecule has 116 valence electrons. The monoisotopic (exact) mass is 320 g/mol. The van der Waals surface area contributed by atoms with Crippen LogP contribution in [0.15, 0.2) is 24.3 Å². The first-order valence-electron chi connectivity index (χ1n) is 6.09. The van der Waals surface area contributed by atoms with E-state index < -0.39 is 21.9 Å². The maximum atomic E-state index is 12.1. The Morgan fingerprint density at radius 2 is 2.14 bits per heavy atom. The predicted octanol–water partition coefficient (Wildman–Crippen LogP) is 0.677. The molecule has 0 aliphatic carbocycles. The number of hydrogen-bond acceptors (Lipinski definition) is 4. The number of likely N-dealkylation sites (tertiary alicyclic amines) is 1. The molecule has 1 unspecified atom stereocenters. The van der Waals surface area contributed by atoms with Crippen LogP contribution in [0.1, 0.15) is 12.0 Å². The quantitative estimate of drug-likeness (QED) is 0.864. The van der Waals surface area contributed by atoms with E-state index in [0.29, 0.717) is 5.56 Å².